The number of hydrogen-bond donors (Lipinski definition) is 0. The SMILES string of the molecule is CC(C)(C)C1CN(c2ccc(F)cc2Br)C1. The summed E-state index contributed by atoms with van der Waals surface area (Å²) in [6.07, 6.45) is 0. The summed E-state index contributed by atoms with van der Waals surface area (Å²) in [4.78, 5) is 2.29. The van der Waals surface area contributed by atoms with Crippen LogP contribution >= 0.6 is 15.9 Å². The molecule has 1 aliphatic rings. The van der Waals surface area contributed by atoms with Crippen LogP contribution in [0, 0.1) is 17.2 Å². The third-order valence-corrected chi connectivity index (χ3v) is 3.99. The highest BCUT2D eigenvalue weighted by molar-refractivity contribution is 9.10. The van der Waals surface area contributed by atoms with Gasteiger partial charge >= 0.3 is 0 Å². The Morgan fingerprint density at radius 1 is 1.31 bits per heavy atom. The summed E-state index contributed by atoms with van der Waals surface area (Å²) in [6, 6.07) is 4.89. The highest BCUT2D eigenvalue weighted by atomic mass is 79.9. The van der Waals surface area contributed by atoms with E-state index >= 15 is 0 Å². The van der Waals surface area contributed by atoms with Crippen molar-refractivity contribution in [3.63, 3.8) is 0 Å². The quantitative estimate of drug-likeness (QED) is 0.752. The zero-order valence-corrected chi connectivity index (χ0v) is 11.5. The smallest absolute Gasteiger partial charge is 0.124 e. The molecule has 3 heteroatoms. The van der Waals surface area contributed by atoms with Crippen LogP contribution in [0.4, 0.5) is 10.1 Å². The Balaban J connectivity index is 2.07. The molecule has 0 aromatic heterocycles. The molecule has 1 nitrogen and oxygen atoms in total. The van der Waals surface area contributed by atoms with E-state index in [9.17, 15) is 4.39 Å². The molecule has 1 fully saturated rings. The van der Waals surface area contributed by atoms with Gasteiger partial charge in [-0.3, -0.25) is 0 Å². The molecule has 1 aliphatic heterocycles. The maximum atomic E-state index is 13.0. The van der Waals surface area contributed by atoms with Gasteiger partial charge in [0.2, 0.25) is 0 Å². The summed E-state index contributed by atoms with van der Waals surface area (Å²) in [7, 11) is 0. The van der Waals surface area contributed by atoms with Crippen molar-refractivity contribution < 1.29 is 4.39 Å². The van der Waals surface area contributed by atoms with Crippen LogP contribution in [0.2, 0.25) is 0 Å². The van der Waals surface area contributed by atoms with Crippen molar-refractivity contribution in [2.75, 3.05) is 18.0 Å². The Bertz CT molecular complexity index is 391. The predicted octanol–water partition coefficient (Wildman–Crippen LogP) is 4.07. The molecule has 0 saturated carbocycles. The maximum absolute atomic E-state index is 13.0. The molecule has 0 atom stereocenters. The maximum Gasteiger partial charge on any atom is 0.124 e. The fraction of sp³-hybridized carbons (Fsp3) is 0.538. The van der Waals surface area contributed by atoms with Gasteiger partial charge in [-0.15, -0.1) is 0 Å². The van der Waals surface area contributed by atoms with Crippen molar-refractivity contribution in [3.05, 3.63) is 28.5 Å². The zero-order valence-electron chi connectivity index (χ0n) is 9.93. The molecule has 1 aromatic rings. The molecule has 0 bridgehead atoms. The van der Waals surface area contributed by atoms with Gasteiger partial charge in [0, 0.05) is 17.6 Å². The molecule has 88 valence electrons. The van der Waals surface area contributed by atoms with E-state index < -0.39 is 0 Å². The van der Waals surface area contributed by atoms with E-state index in [0.717, 1.165) is 29.2 Å². The average Bonchev–Trinajstić information content (AvgIpc) is 2.03. The van der Waals surface area contributed by atoms with Crippen LogP contribution in [-0.4, -0.2) is 13.1 Å². The second-order valence-corrected chi connectivity index (χ2v) is 6.42. The molecule has 2 rings (SSSR count). The van der Waals surface area contributed by atoms with E-state index in [2.05, 4.69) is 41.6 Å². The molecule has 0 spiro atoms. The molecule has 1 aromatic carbocycles. The number of anilines is 1. The molecular weight excluding hydrogens is 269 g/mol. The minimum Gasteiger partial charge on any atom is -0.370 e. The Hall–Kier alpha value is -0.570. The highest BCUT2D eigenvalue weighted by Crippen LogP contribution is 2.38. The van der Waals surface area contributed by atoms with Gasteiger partial charge in [0.1, 0.15) is 5.82 Å². The highest BCUT2D eigenvalue weighted by Gasteiger charge is 2.36. The average molecular weight is 286 g/mol. The van der Waals surface area contributed by atoms with Crippen LogP contribution in [-0.2, 0) is 0 Å². The zero-order chi connectivity index (χ0) is 11.9. The summed E-state index contributed by atoms with van der Waals surface area (Å²) in [5.74, 6) is 0.535. The summed E-state index contributed by atoms with van der Waals surface area (Å²) in [6.45, 7) is 8.94. The minimum absolute atomic E-state index is 0.191. The Kier molecular flexibility index (Phi) is 2.99. The van der Waals surface area contributed by atoms with Crippen molar-refractivity contribution in [1.29, 1.82) is 0 Å². The van der Waals surface area contributed by atoms with Gasteiger partial charge in [-0.2, -0.15) is 0 Å². The predicted molar refractivity (Wildman–Crippen MR) is 69.3 cm³/mol. The fourth-order valence-corrected chi connectivity index (χ4v) is 2.56. The lowest BCUT2D eigenvalue weighted by molar-refractivity contribution is 0.195. The number of nitrogens with zero attached hydrogens (tertiary/aromatic N) is 1. The molecule has 0 aliphatic carbocycles. The second-order valence-electron chi connectivity index (χ2n) is 5.56. The Morgan fingerprint density at radius 2 is 1.94 bits per heavy atom. The first-order chi connectivity index (χ1) is 7.38. The van der Waals surface area contributed by atoms with Crippen molar-refractivity contribution in [2.45, 2.75) is 20.8 Å². The summed E-state index contributed by atoms with van der Waals surface area (Å²) in [5, 5.41) is 0. The van der Waals surface area contributed by atoms with Gasteiger partial charge in [0.15, 0.2) is 0 Å². The fourth-order valence-electron chi connectivity index (χ4n) is 1.96. The third-order valence-electron chi connectivity index (χ3n) is 3.36. The lowest BCUT2D eigenvalue weighted by Gasteiger charge is -2.48. The van der Waals surface area contributed by atoms with Gasteiger partial charge in [0.05, 0.1) is 5.69 Å². The normalized spacial score (nSPS) is 17.4. The van der Waals surface area contributed by atoms with Crippen LogP contribution in [0.15, 0.2) is 22.7 Å². The molecule has 0 unspecified atom stereocenters. The topological polar surface area (TPSA) is 3.24 Å². The number of rotatable bonds is 1. The monoisotopic (exact) mass is 285 g/mol. The Morgan fingerprint density at radius 3 is 2.44 bits per heavy atom. The molecule has 0 N–H and O–H groups in total. The first-order valence-electron chi connectivity index (χ1n) is 5.58. The standard InChI is InChI=1S/C13H17BrFN/c1-13(2,3)9-7-16(8-9)12-5-4-10(15)6-11(12)14/h4-6,9H,7-8H2,1-3H3. The van der Waals surface area contributed by atoms with Crippen molar-refractivity contribution in [2.24, 2.45) is 11.3 Å². The van der Waals surface area contributed by atoms with Gasteiger partial charge < -0.3 is 4.90 Å². The van der Waals surface area contributed by atoms with Gasteiger partial charge in [0.25, 0.3) is 0 Å². The van der Waals surface area contributed by atoms with Crippen LogP contribution in [0.1, 0.15) is 20.8 Å². The van der Waals surface area contributed by atoms with Crippen molar-refractivity contribution in [3.8, 4) is 0 Å². The molecule has 0 amide bonds. The van der Waals surface area contributed by atoms with Crippen LogP contribution < -0.4 is 4.90 Å². The van der Waals surface area contributed by atoms with E-state index in [1.165, 1.54) is 12.1 Å². The van der Waals surface area contributed by atoms with Crippen molar-refractivity contribution in [1.82, 2.24) is 0 Å². The first kappa shape index (κ1) is 11.9. The van der Waals surface area contributed by atoms with Crippen molar-refractivity contribution >= 4 is 21.6 Å². The first-order valence-corrected chi connectivity index (χ1v) is 6.37. The molecule has 0 radical (unpaired) electrons. The second kappa shape index (κ2) is 4.02. The van der Waals surface area contributed by atoms with Crippen LogP contribution in [0.5, 0.6) is 0 Å². The molecule has 1 saturated heterocycles. The van der Waals surface area contributed by atoms with Gasteiger partial charge in [-0.05, 0) is 45.5 Å². The molecule has 1 heterocycles. The Labute approximate surface area is 105 Å². The summed E-state index contributed by atoms with van der Waals surface area (Å²) in [5.41, 5.74) is 1.46. The van der Waals surface area contributed by atoms with E-state index in [1.54, 1.807) is 0 Å². The van der Waals surface area contributed by atoms with E-state index in [1.807, 2.05) is 6.07 Å². The van der Waals surface area contributed by atoms with E-state index in [0.29, 0.717) is 5.41 Å². The van der Waals surface area contributed by atoms with Gasteiger partial charge in [-0.1, -0.05) is 20.8 Å². The lowest BCUT2D eigenvalue weighted by Crippen LogP contribution is -2.52. The number of halogens is 2. The minimum atomic E-state index is -0.191. The molecule has 16 heavy (non-hydrogen) atoms. The van der Waals surface area contributed by atoms with Gasteiger partial charge in [-0.25, -0.2) is 4.39 Å². The van der Waals surface area contributed by atoms with Crippen LogP contribution in [0.3, 0.4) is 0 Å². The molecular formula is C13H17BrFN. The third kappa shape index (κ3) is 2.24. The number of benzene rings is 1. The largest absolute Gasteiger partial charge is 0.370 e. The van der Waals surface area contributed by atoms with E-state index in [4.69, 9.17) is 0 Å². The lowest BCUT2D eigenvalue weighted by atomic mass is 9.76. The van der Waals surface area contributed by atoms with E-state index in [-0.39, 0.29) is 5.82 Å². The summed E-state index contributed by atoms with van der Waals surface area (Å²) >= 11 is 3.41. The number of hydrogen-bond acceptors (Lipinski definition) is 1. The summed E-state index contributed by atoms with van der Waals surface area (Å²) < 4.78 is 13.8. The van der Waals surface area contributed by atoms with Crippen LogP contribution in [0.25, 0.3) is 0 Å².